The highest BCUT2D eigenvalue weighted by molar-refractivity contribution is 9.10. The molecular weight excluding hydrogens is 310 g/mol. The van der Waals surface area contributed by atoms with E-state index < -0.39 is 0 Å². The van der Waals surface area contributed by atoms with Crippen molar-refractivity contribution in [1.82, 2.24) is 5.32 Å². The Kier molecular flexibility index (Phi) is 6.71. The average Bonchev–Trinajstić information content (AvgIpc) is 2.29. The van der Waals surface area contributed by atoms with Crippen molar-refractivity contribution in [2.45, 2.75) is 50.0 Å². The molecule has 102 valence electrons. The smallest absolute Gasteiger partial charge is 0.0631 e. The third-order valence-corrected chi connectivity index (χ3v) is 4.81. The van der Waals surface area contributed by atoms with Crippen LogP contribution in [0.2, 0.25) is 0 Å². The molecule has 1 rings (SSSR count). The van der Waals surface area contributed by atoms with E-state index in [0.717, 1.165) is 11.0 Å². The van der Waals surface area contributed by atoms with Crippen LogP contribution < -0.4 is 5.32 Å². The summed E-state index contributed by atoms with van der Waals surface area (Å²) in [4.78, 5) is 1.23. The van der Waals surface area contributed by atoms with E-state index in [9.17, 15) is 5.11 Å². The van der Waals surface area contributed by atoms with Gasteiger partial charge >= 0.3 is 0 Å². The molecule has 3 unspecified atom stereocenters. The molecular formula is C14H22BrNOS. The first-order valence-corrected chi connectivity index (χ1v) is 8.00. The van der Waals surface area contributed by atoms with Crippen LogP contribution in [0.15, 0.2) is 27.6 Å². The fourth-order valence-corrected chi connectivity index (χ4v) is 3.37. The first kappa shape index (κ1) is 16.0. The zero-order chi connectivity index (χ0) is 13.7. The Morgan fingerprint density at radius 3 is 2.56 bits per heavy atom. The SMILES string of the molecule is CCNC(C)c1ccc(Br)cc1SC(C)C(C)O. The minimum absolute atomic E-state index is 0.187. The number of aliphatic hydroxyl groups is 1. The van der Waals surface area contributed by atoms with Crippen molar-refractivity contribution >= 4 is 27.7 Å². The number of halogens is 1. The van der Waals surface area contributed by atoms with Gasteiger partial charge in [-0.3, -0.25) is 0 Å². The van der Waals surface area contributed by atoms with Crippen LogP contribution in [0.1, 0.15) is 39.3 Å². The van der Waals surface area contributed by atoms with Crippen molar-refractivity contribution in [2.24, 2.45) is 0 Å². The van der Waals surface area contributed by atoms with Crippen LogP contribution in [0.5, 0.6) is 0 Å². The second kappa shape index (κ2) is 7.53. The average molecular weight is 332 g/mol. The molecule has 1 aromatic rings. The third kappa shape index (κ3) is 4.57. The molecule has 0 heterocycles. The molecule has 0 aliphatic heterocycles. The minimum atomic E-state index is -0.309. The Labute approximate surface area is 123 Å². The predicted molar refractivity (Wildman–Crippen MR) is 83.2 cm³/mol. The van der Waals surface area contributed by atoms with Crippen molar-refractivity contribution < 1.29 is 5.11 Å². The maximum atomic E-state index is 9.64. The van der Waals surface area contributed by atoms with E-state index in [4.69, 9.17) is 0 Å². The summed E-state index contributed by atoms with van der Waals surface area (Å²) in [7, 11) is 0. The van der Waals surface area contributed by atoms with E-state index in [1.54, 1.807) is 11.8 Å². The summed E-state index contributed by atoms with van der Waals surface area (Å²) in [6, 6.07) is 6.67. The highest BCUT2D eigenvalue weighted by Crippen LogP contribution is 2.33. The first-order valence-electron chi connectivity index (χ1n) is 6.33. The molecule has 1 aromatic carbocycles. The molecule has 0 spiro atoms. The van der Waals surface area contributed by atoms with Crippen molar-refractivity contribution in [2.75, 3.05) is 6.54 Å². The topological polar surface area (TPSA) is 32.3 Å². The Bertz CT molecular complexity index is 384. The van der Waals surface area contributed by atoms with Crippen molar-refractivity contribution in [3.8, 4) is 0 Å². The summed E-state index contributed by atoms with van der Waals surface area (Å²) >= 11 is 5.24. The number of benzene rings is 1. The molecule has 3 atom stereocenters. The molecule has 0 aliphatic rings. The monoisotopic (exact) mass is 331 g/mol. The van der Waals surface area contributed by atoms with Gasteiger partial charge in [0, 0.05) is 20.7 Å². The van der Waals surface area contributed by atoms with Gasteiger partial charge in [0.1, 0.15) is 0 Å². The van der Waals surface area contributed by atoms with Gasteiger partial charge in [0.15, 0.2) is 0 Å². The molecule has 0 aromatic heterocycles. The summed E-state index contributed by atoms with van der Waals surface area (Å²) in [5.74, 6) is 0. The normalized spacial score (nSPS) is 16.3. The van der Waals surface area contributed by atoms with E-state index in [1.165, 1.54) is 10.5 Å². The van der Waals surface area contributed by atoms with Gasteiger partial charge in [-0.25, -0.2) is 0 Å². The lowest BCUT2D eigenvalue weighted by atomic mass is 10.1. The summed E-state index contributed by atoms with van der Waals surface area (Å²) in [6.07, 6.45) is -0.309. The number of nitrogens with one attached hydrogen (secondary N) is 1. The van der Waals surface area contributed by atoms with Crippen LogP contribution in [0, 0.1) is 0 Å². The van der Waals surface area contributed by atoms with Crippen LogP contribution in [0.4, 0.5) is 0 Å². The molecule has 0 fully saturated rings. The maximum Gasteiger partial charge on any atom is 0.0631 e. The van der Waals surface area contributed by atoms with Crippen LogP contribution in [-0.2, 0) is 0 Å². The number of hydrogen-bond donors (Lipinski definition) is 2. The lowest BCUT2D eigenvalue weighted by molar-refractivity contribution is 0.196. The highest BCUT2D eigenvalue weighted by Gasteiger charge is 2.16. The molecule has 0 saturated carbocycles. The van der Waals surface area contributed by atoms with Gasteiger partial charge in [-0.15, -0.1) is 11.8 Å². The van der Waals surface area contributed by atoms with E-state index in [2.05, 4.69) is 60.2 Å². The lowest BCUT2D eigenvalue weighted by Gasteiger charge is -2.20. The van der Waals surface area contributed by atoms with Gasteiger partial charge in [0.25, 0.3) is 0 Å². The second-order valence-corrected chi connectivity index (χ2v) is 6.86. The van der Waals surface area contributed by atoms with E-state index in [-0.39, 0.29) is 11.4 Å². The Morgan fingerprint density at radius 2 is 2.00 bits per heavy atom. The summed E-state index contributed by atoms with van der Waals surface area (Å²) in [6.45, 7) is 9.12. The standard InChI is InChI=1S/C14H22BrNOS/c1-5-16-9(2)13-7-6-12(15)8-14(13)18-11(4)10(3)17/h6-11,16-17H,5H2,1-4H3. The van der Waals surface area contributed by atoms with Crippen molar-refractivity contribution in [1.29, 1.82) is 0 Å². The predicted octanol–water partition coefficient (Wildman–Crippen LogP) is 3.98. The van der Waals surface area contributed by atoms with Gasteiger partial charge in [0.2, 0.25) is 0 Å². The summed E-state index contributed by atoms with van der Waals surface area (Å²) < 4.78 is 1.08. The van der Waals surface area contributed by atoms with Gasteiger partial charge < -0.3 is 10.4 Å². The molecule has 2 nitrogen and oxygen atoms in total. The molecule has 4 heteroatoms. The Morgan fingerprint density at radius 1 is 1.33 bits per heavy atom. The van der Waals surface area contributed by atoms with Crippen LogP contribution >= 0.6 is 27.7 Å². The van der Waals surface area contributed by atoms with Gasteiger partial charge in [-0.1, -0.05) is 35.8 Å². The number of rotatable bonds is 6. The Hall–Kier alpha value is -0.0300. The van der Waals surface area contributed by atoms with Crippen molar-refractivity contribution in [3.63, 3.8) is 0 Å². The molecule has 0 aliphatic carbocycles. The van der Waals surface area contributed by atoms with Crippen LogP contribution in [0.3, 0.4) is 0 Å². The summed E-state index contributed by atoms with van der Waals surface area (Å²) in [5.41, 5.74) is 1.29. The minimum Gasteiger partial charge on any atom is -0.392 e. The van der Waals surface area contributed by atoms with Gasteiger partial charge in [-0.05, 0) is 38.1 Å². The van der Waals surface area contributed by atoms with Crippen molar-refractivity contribution in [3.05, 3.63) is 28.2 Å². The molecule has 0 bridgehead atoms. The van der Waals surface area contributed by atoms with Gasteiger partial charge in [0.05, 0.1) is 6.10 Å². The molecule has 0 radical (unpaired) electrons. The van der Waals surface area contributed by atoms with E-state index in [0.29, 0.717) is 6.04 Å². The third-order valence-electron chi connectivity index (χ3n) is 2.94. The zero-order valence-corrected chi connectivity index (χ0v) is 13.8. The fourth-order valence-electron chi connectivity index (χ4n) is 1.68. The molecule has 0 saturated heterocycles. The second-order valence-electron chi connectivity index (χ2n) is 4.53. The molecule has 18 heavy (non-hydrogen) atoms. The molecule has 2 N–H and O–H groups in total. The van der Waals surface area contributed by atoms with E-state index >= 15 is 0 Å². The number of thioether (sulfide) groups is 1. The molecule has 0 amide bonds. The largest absolute Gasteiger partial charge is 0.392 e. The van der Waals surface area contributed by atoms with Gasteiger partial charge in [-0.2, -0.15) is 0 Å². The maximum absolute atomic E-state index is 9.64. The first-order chi connectivity index (χ1) is 8.45. The fraction of sp³-hybridized carbons (Fsp3) is 0.571. The Balaban J connectivity index is 2.96. The number of aliphatic hydroxyl groups excluding tert-OH is 1. The van der Waals surface area contributed by atoms with E-state index in [1.807, 2.05) is 6.92 Å². The zero-order valence-electron chi connectivity index (χ0n) is 11.4. The summed E-state index contributed by atoms with van der Waals surface area (Å²) in [5, 5.41) is 13.3. The highest BCUT2D eigenvalue weighted by atomic mass is 79.9. The lowest BCUT2D eigenvalue weighted by Crippen LogP contribution is -2.19. The van der Waals surface area contributed by atoms with Crippen LogP contribution in [0.25, 0.3) is 0 Å². The quantitative estimate of drug-likeness (QED) is 0.773. The van der Waals surface area contributed by atoms with Crippen LogP contribution in [-0.4, -0.2) is 23.0 Å². The number of hydrogen-bond acceptors (Lipinski definition) is 3.